The van der Waals surface area contributed by atoms with Crippen LogP contribution in [0.15, 0.2) is 72.3 Å². The largest absolute Gasteiger partial charge is 0.447 e. The minimum Gasteiger partial charge on any atom is -0.447 e. The van der Waals surface area contributed by atoms with E-state index in [1.54, 1.807) is 0 Å². The predicted octanol–water partition coefficient (Wildman–Crippen LogP) is 5.16. The highest BCUT2D eigenvalue weighted by Gasteiger charge is 2.39. The molecule has 2 atom stereocenters. The molecule has 1 fully saturated rings. The molecule has 1 aliphatic heterocycles. The predicted molar refractivity (Wildman–Crippen MR) is 120 cm³/mol. The average molecular weight is 422 g/mol. The van der Waals surface area contributed by atoms with Gasteiger partial charge in [-0.25, -0.2) is 9.69 Å². The summed E-state index contributed by atoms with van der Waals surface area (Å²) in [6.45, 7) is 5.31. The molecule has 2 aromatic rings. The molecule has 0 N–H and O–H groups in total. The molecule has 0 bridgehead atoms. The van der Waals surface area contributed by atoms with Crippen molar-refractivity contribution < 1.29 is 19.1 Å². The van der Waals surface area contributed by atoms with Crippen LogP contribution in [0, 0.1) is 5.92 Å². The van der Waals surface area contributed by atoms with Crippen LogP contribution in [0.4, 0.5) is 4.79 Å². The zero-order chi connectivity index (χ0) is 22.1. The van der Waals surface area contributed by atoms with Crippen LogP contribution in [0.5, 0.6) is 0 Å². The lowest BCUT2D eigenvalue weighted by molar-refractivity contribution is -0.133. The Balaban J connectivity index is 1.45. The van der Waals surface area contributed by atoms with Crippen molar-refractivity contribution in [3.8, 4) is 0 Å². The third kappa shape index (κ3) is 6.79. The van der Waals surface area contributed by atoms with Gasteiger partial charge in [-0.05, 0) is 37.3 Å². The van der Waals surface area contributed by atoms with Crippen LogP contribution in [-0.4, -0.2) is 36.2 Å². The second-order valence-corrected chi connectivity index (χ2v) is 8.14. The van der Waals surface area contributed by atoms with Gasteiger partial charge in [0.2, 0.25) is 5.91 Å². The van der Waals surface area contributed by atoms with E-state index in [1.807, 2.05) is 74.5 Å². The third-order valence-corrected chi connectivity index (χ3v) is 5.47. The van der Waals surface area contributed by atoms with Crippen LogP contribution in [0.25, 0.3) is 0 Å². The van der Waals surface area contributed by atoms with Crippen LogP contribution < -0.4 is 0 Å². The van der Waals surface area contributed by atoms with E-state index in [0.29, 0.717) is 26.1 Å². The van der Waals surface area contributed by atoms with Crippen LogP contribution in [0.1, 0.15) is 37.8 Å². The van der Waals surface area contributed by atoms with Crippen molar-refractivity contribution in [2.24, 2.45) is 5.92 Å². The fraction of sp³-hybridized carbons (Fsp3) is 0.385. The van der Waals surface area contributed by atoms with Gasteiger partial charge in [-0.3, -0.25) is 4.79 Å². The Morgan fingerprint density at radius 1 is 1.13 bits per heavy atom. The highest BCUT2D eigenvalue weighted by atomic mass is 16.6. The fourth-order valence-electron chi connectivity index (χ4n) is 3.67. The van der Waals surface area contributed by atoms with Gasteiger partial charge < -0.3 is 9.47 Å². The number of hydrogen-bond acceptors (Lipinski definition) is 4. The molecule has 0 saturated carbocycles. The second-order valence-electron chi connectivity index (χ2n) is 8.14. The fourth-order valence-corrected chi connectivity index (χ4v) is 3.67. The van der Waals surface area contributed by atoms with E-state index in [2.05, 4.69) is 6.08 Å². The van der Waals surface area contributed by atoms with Gasteiger partial charge in [0.15, 0.2) is 0 Å². The Morgan fingerprint density at radius 2 is 1.77 bits per heavy atom. The summed E-state index contributed by atoms with van der Waals surface area (Å²) in [6.07, 6.45) is 3.64. The smallest absolute Gasteiger partial charge is 0.416 e. The van der Waals surface area contributed by atoms with Crippen LogP contribution >= 0.6 is 0 Å². The first-order valence-electron chi connectivity index (χ1n) is 10.9. The lowest BCUT2D eigenvalue weighted by Gasteiger charge is -2.23. The van der Waals surface area contributed by atoms with E-state index < -0.39 is 6.09 Å². The molecule has 2 amide bonds. The number of cyclic esters (lactones) is 1. The van der Waals surface area contributed by atoms with Crippen LogP contribution in [-0.2, 0) is 27.3 Å². The average Bonchev–Trinajstić information content (AvgIpc) is 3.14. The first kappa shape index (κ1) is 22.8. The van der Waals surface area contributed by atoms with Gasteiger partial charge >= 0.3 is 6.09 Å². The molecule has 31 heavy (non-hydrogen) atoms. The summed E-state index contributed by atoms with van der Waals surface area (Å²) in [5.74, 6) is -0.409. The van der Waals surface area contributed by atoms with Crippen LogP contribution in [0.2, 0.25) is 0 Å². The first-order valence-corrected chi connectivity index (χ1v) is 10.9. The number of imide groups is 1. The van der Waals surface area contributed by atoms with Crippen molar-refractivity contribution in [2.45, 2.75) is 45.8 Å². The Bertz CT molecular complexity index is 879. The van der Waals surface area contributed by atoms with E-state index in [9.17, 15) is 9.59 Å². The zero-order valence-corrected chi connectivity index (χ0v) is 18.3. The van der Waals surface area contributed by atoms with Crippen molar-refractivity contribution in [1.82, 2.24) is 4.90 Å². The molecule has 0 spiro atoms. The first-order chi connectivity index (χ1) is 15.0. The molecule has 0 aromatic heterocycles. The van der Waals surface area contributed by atoms with E-state index in [4.69, 9.17) is 9.47 Å². The minimum absolute atomic E-state index is 0.158. The van der Waals surface area contributed by atoms with E-state index in [-0.39, 0.29) is 24.5 Å². The maximum atomic E-state index is 12.9. The van der Waals surface area contributed by atoms with Gasteiger partial charge in [0, 0.05) is 5.92 Å². The lowest BCUT2D eigenvalue weighted by Crippen LogP contribution is -2.43. The summed E-state index contributed by atoms with van der Waals surface area (Å²) >= 11 is 0. The van der Waals surface area contributed by atoms with Crippen LogP contribution in [0.3, 0.4) is 0 Å². The highest BCUT2D eigenvalue weighted by molar-refractivity contribution is 5.94. The molecule has 0 aliphatic carbocycles. The number of ether oxygens (including phenoxy) is 2. The lowest BCUT2D eigenvalue weighted by atomic mass is 10.0. The SMILES string of the molecule is C/C(=C/CC[C@@H](C)C(=O)N1C(=O)OC[C@H]1Cc1ccccc1)COCc1ccccc1. The molecule has 164 valence electrons. The molecule has 1 aliphatic rings. The number of carbonyl (C=O) groups is 2. The molecule has 2 aromatic carbocycles. The summed E-state index contributed by atoms with van der Waals surface area (Å²) in [6, 6.07) is 19.7. The van der Waals surface area contributed by atoms with E-state index in [0.717, 1.165) is 23.1 Å². The number of carbonyl (C=O) groups excluding carboxylic acids is 2. The van der Waals surface area contributed by atoms with E-state index >= 15 is 0 Å². The van der Waals surface area contributed by atoms with Crippen molar-refractivity contribution in [1.29, 1.82) is 0 Å². The molecule has 5 heteroatoms. The van der Waals surface area contributed by atoms with Gasteiger partial charge in [0.1, 0.15) is 6.61 Å². The molecule has 1 heterocycles. The summed E-state index contributed by atoms with van der Waals surface area (Å²) in [4.78, 5) is 26.4. The Labute approximate surface area is 184 Å². The van der Waals surface area contributed by atoms with Crippen molar-refractivity contribution >= 4 is 12.0 Å². The third-order valence-electron chi connectivity index (χ3n) is 5.47. The van der Waals surface area contributed by atoms with Crippen molar-refractivity contribution in [2.75, 3.05) is 13.2 Å². The monoisotopic (exact) mass is 421 g/mol. The number of nitrogens with zero attached hydrogens (tertiary/aromatic N) is 1. The van der Waals surface area contributed by atoms with Gasteiger partial charge in [0.05, 0.1) is 19.3 Å². The molecule has 1 saturated heterocycles. The summed E-state index contributed by atoms with van der Waals surface area (Å²) in [5, 5.41) is 0. The van der Waals surface area contributed by atoms with Crippen molar-refractivity contribution in [3.05, 3.63) is 83.4 Å². The zero-order valence-electron chi connectivity index (χ0n) is 18.3. The molecule has 3 rings (SSSR count). The number of allylic oxidation sites excluding steroid dienone is 1. The maximum Gasteiger partial charge on any atom is 0.416 e. The number of rotatable bonds is 10. The quantitative estimate of drug-likeness (QED) is 0.498. The minimum atomic E-state index is -0.529. The maximum absolute atomic E-state index is 12.9. The Kier molecular flexibility index (Phi) is 8.42. The normalized spacial score (nSPS) is 17.5. The molecule has 0 radical (unpaired) electrons. The van der Waals surface area contributed by atoms with Gasteiger partial charge in [-0.1, -0.05) is 79.2 Å². The molecular weight excluding hydrogens is 390 g/mol. The standard InChI is InChI=1S/C26H31NO4/c1-20(17-30-18-23-14-7-4-8-15-23)10-9-11-21(2)25(28)27-24(19-31-26(27)29)16-22-12-5-3-6-13-22/h3-8,10,12-15,21,24H,9,11,16-19H2,1-2H3/b20-10-/t21-,24-/m1/s1. The number of benzene rings is 2. The second kappa shape index (κ2) is 11.5. The molecule has 5 nitrogen and oxygen atoms in total. The Hall–Kier alpha value is -2.92. The topological polar surface area (TPSA) is 55.8 Å². The van der Waals surface area contributed by atoms with E-state index in [1.165, 1.54) is 4.90 Å². The Morgan fingerprint density at radius 3 is 2.45 bits per heavy atom. The van der Waals surface area contributed by atoms with Gasteiger partial charge in [0.25, 0.3) is 0 Å². The molecule has 0 unspecified atom stereocenters. The summed E-state index contributed by atoms with van der Waals surface area (Å²) in [7, 11) is 0. The number of hydrogen-bond donors (Lipinski definition) is 0. The van der Waals surface area contributed by atoms with Gasteiger partial charge in [-0.2, -0.15) is 0 Å². The van der Waals surface area contributed by atoms with Crippen molar-refractivity contribution in [3.63, 3.8) is 0 Å². The summed E-state index contributed by atoms with van der Waals surface area (Å²) in [5.41, 5.74) is 3.38. The van der Waals surface area contributed by atoms with Gasteiger partial charge in [-0.15, -0.1) is 0 Å². The summed E-state index contributed by atoms with van der Waals surface area (Å²) < 4.78 is 10.9. The molecular formula is C26H31NO4. The number of amides is 2. The highest BCUT2D eigenvalue weighted by Crippen LogP contribution is 2.22.